The lowest BCUT2D eigenvalue weighted by atomic mass is 10.1. The molecule has 0 saturated carbocycles. The number of carboxylic acid groups (broad SMARTS) is 1. The van der Waals surface area contributed by atoms with Crippen LogP contribution in [0.15, 0.2) is 18.2 Å². The van der Waals surface area contributed by atoms with Gasteiger partial charge in [0, 0.05) is 12.5 Å². The number of anilines is 1. The van der Waals surface area contributed by atoms with E-state index in [1.165, 1.54) is 0 Å². The van der Waals surface area contributed by atoms with Crippen LogP contribution in [0.2, 0.25) is 0 Å². The van der Waals surface area contributed by atoms with Gasteiger partial charge in [0.05, 0.1) is 11.3 Å². The summed E-state index contributed by atoms with van der Waals surface area (Å²) in [4.78, 5) is 22.7. The molecule has 0 aromatic heterocycles. The Kier molecular flexibility index (Phi) is 5.54. The fourth-order valence-electron chi connectivity index (χ4n) is 1.59. The average Bonchev–Trinajstić information content (AvgIpc) is 2.37. The number of terminal acetylenes is 1. The molecule has 106 valence electrons. The SMILES string of the molecule is C#CCC(CC)NC(=O)Nc1cc(F)ccc1C(=O)O. The van der Waals surface area contributed by atoms with E-state index in [9.17, 15) is 14.0 Å². The maximum absolute atomic E-state index is 13.1. The zero-order chi connectivity index (χ0) is 15.1. The van der Waals surface area contributed by atoms with Crippen molar-refractivity contribution in [2.45, 2.75) is 25.8 Å². The summed E-state index contributed by atoms with van der Waals surface area (Å²) < 4.78 is 13.1. The Balaban J connectivity index is 2.82. The Morgan fingerprint density at radius 3 is 2.75 bits per heavy atom. The van der Waals surface area contributed by atoms with E-state index in [4.69, 9.17) is 11.5 Å². The largest absolute Gasteiger partial charge is 0.478 e. The van der Waals surface area contributed by atoms with Crippen LogP contribution >= 0.6 is 0 Å². The van der Waals surface area contributed by atoms with Crippen LogP contribution in [0.5, 0.6) is 0 Å². The Hall–Kier alpha value is -2.55. The lowest BCUT2D eigenvalue weighted by Crippen LogP contribution is -2.37. The second-order valence-electron chi connectivity index (χ2n) is 4.11. The third kappa shape index (κ3) is 4.28. The van der Waals surface area contributed by atoms with Crippen molar-refractivity contribution < 1.29 is 19.1 Å². The van der Waals surface area contributed by atoms with Gasteiger partial charge in [-0.15, -0.1) is 12.3 Å². The van der Waals surface area contributed by atoms with Crippen molar-refractivity contribution >= 4 is 17.7 Å². The zero-order valence-corrected chi connectivity index (χ0v) is 10.9. The molecule has 1 aromatic carbocycles. The highest BCUT2D eigenvalue weighted by Gasteiger charge is 2.15. The van der Waals surface area contributed by atoms with Crippen LogP contribution in [-0.2, 0) is 0 Å². The maximum Gasteiger partial charge on any atom is 0.337 e. The van der Waals surface area contributed by atoms with Crippen LogP contribution in [0, 0.1) is 18.2 Å². The topological polar surface area (TPSA) is 78.4 Å². The first kappa shape index (κ1) is 15.5. The summed E-state index contributed by atoms with van der Waals surface area (Å²) in [6.45, 7) is 1.85. The molecular formula is C14H15FN2O3. The molecule has 0 saturated heterocycles. The summed E-state index contributed by atoms with van der Waals surface area (Å²) in [7, 11) is 0. The second kappa shape index (κ2) is 7.14. The predicted molar refractivity (Wildman–Crippen MR) is 73.0 cm³/mol. The molecule has 20 heavy (non-hydrogen) atoms. The van der Waals surface area contributed by atoms with E-state index in [1.807, 2.05) is 6.92 Å². The lowest BCUT2D eigenvalue weighted by molar-refractivity contribution is 0.0698. The number of hydrogen-bond donors (Lipinski definition) is 3. The van der Waals surface area contributed by atoms with Gasteiger partial charge in [-0.1, -0.05) is 6.92 Å². The van der Waals surface area contributed by atoms with Crippen LogP contribution < -0.4 is 10.6 Å². The molecule has 0 aliphatic heterocycles. The van der Waals surface area contributed by atoms with Crippen LogP contribution in [-0.4, -0.2) is 23.1 Å². The van der Waals surface area contributed by atoms with E-state index in [2.05, 4.69) is 16.6 Å². The van der Waals surface area contributed by atoms with E-state index in [1.54, 1.807) is 0 Å². The zero-order valence-electron chi connectivity index (χ0n) is 10.9. The lowest BCUT2D eigenvalue weighted by Gasteiger charge is -2.15. The van der Waals surface area contributed by atoms with Crippen LogP contribution in [0.4, 0.5) is 14.9 Å². The summed E-state index contributed by atoms with van der Waals surface area (Å²) in [5.74, 6) is 0.538. The van der Waals surface area contributed by atoms with Crippen molar-refractivity contribution in [2.24, 2.45) is 0 Å². The number of aromatic carboxylic acids is 1. The number of halogens is 1. The van der Waals surface area contributed by atoms with E-state index in [-0.39, 0.29) is 17.3 Å². The normalized spacial score (nSPS) is 11.2. The first-order chi connectivity index (χ1) is 9.47. The highest BCUT2D eigenvalue weighted by Crippen LogP contribution is 2.17. The maximum atomic E-state index is 13.1. The Bertz CT molecular complexity index is 552. The molecule has 1 unspecified atom stereocenters. The number of benzene rings is 1. The molecule has 5 nitrogen and oxygen atoms in total. The summed E-state index contributed by atoms with van der Waals surface area (Å²) >= 11 is 0. The minimum atomic E-state index is -1.25. The molecule has 2 amide bonds. The summed E-state index contributed by atoms with van der Waals surface area (Å²) in [5, 5.41) is 13.9. The Labute approximate surface area is 116 Å². The van der Waals surface area contributed by atoms with E-state index >= 15 is 0 Å². The molecule has 6 heteroatoms. The third-order valence-electron chi connectivity index (χ3n) is 2.65. The average molecular weight is 278 g/mol. The summed E-state index contributed by atoms with van der Waals surface area (Å²) in [6.07, 6.45) is 6.16. The number of carboxylic acids is 1. The molecule has 3 N–H and O–H groups in total. The Morgan fingerprint density at radius 1 is 1.50 bits per heavy atom. The van der Waals surface area contributed by atoms with Gasteiger partial charge in [-0.05, 0) is 24.6 Å². The number of nitrogens with one attached hydrogen (secondary N) is 2. The molecule has 0 bridgehead atoms. The quantitative estimate of drug-likeness (QED) is 0.724. The van der Waals surface area contributed by atoms with Gasteiger partial charge in [0.2, 0.25) is 0 Å². The van der Waals surface area contributed by atoms with Crippen molar-refractivity contribution in [1.29, 1.82) is 0 Å². The predicted octanol–water partition coefficient (Wildman–Crippen LogP) is 2.45. The summed E-state index contributed by atoms with van der Waals surface area (Å²) in [6, 6.07) is 2.21. The van der Waals surface area contributed by atoms with Crippen LogP contribution in [0.1, 0.15) is 30.1 Å². The highest BCUT2D eigenvalue weighted by molar-refractivity contribution is 6.00. The van der Waals surface area contributed by atoms with Gasteiger partial charge in [-0.3, -0.25) is 0 Å². The molecule has 0 spiro atoms. The van der Waals surface area contributed by atoms with Crippen molar-refractivity contribution in [2.75, 3.05) is 5.32 Å². The van der Waals surface area contributed by atoms with Gasteiger partial charge in [-0.2, -0.15) is 0 Å². The van der Waals surface area contributed by atoms with Gasteiger partial charge in [-0.25, -0.2) is 14.0 Å². The molecular weight excluding hydrogens is 263 g/mol. The van der Waals surface area contributed by atoms with Gasteiger partial charge in [0.1, 0.15) is 5.82 Å². The Morgan fingerprint density at radius 2 is 2.20 bits per heavy atom. The number of amides is 2. The highest BCUT2D eigenvalue weighted by atomic mass is 19.1. The van der Waals surface area contributed by atoms with E-state index in [0.29, 0.717) is 12.8 Å². The van der Waals surface area contributed by atoms with Crippen molar-refractivity contribution in [3.63, 3.8) is 0 Å². The fraction of sp³-hybridized carbons (Fsp3) is 0.286. The third-order valence-corrected chi connectivity index (χ3v) is 2.65. The van der Waals surface area contributed by atoms with E-state index < -0.39 is 17.8 Å². The minimum Gasteiger partial charge on any atom is -0.478 e. The molecule has 1 aromatic rings. The van der Waals surface area contributed by atoms with Crippen LogP contribution in [0.25, 0.3) is 0 Å². The van der Waals surface area contributed by atoms with Crippen molar-refractivity contribution in [1.82, 2.24) is 5.32 Å². The molecule has 0 heterocycles. The number of urea groups is 1. The van der Waals surface area contributed by atoms with Crippen LogP contribution in [0.3, 0.4) is 0 Å². The molecule has 0 fully saturated rings. The van der Waals surface area contributed by atoms with Crippen molar-refractivity contribution in [3.05, 3.63) is 29.6 Å². The van der Waals surface area contributed by atoms with Gasteiger partial charge >= 0.3 is 12.0 Å². The standard InChI is InChI=1S/C14H15FN2O3/c1-3-5-10(4-2)16-14(20)17-12-8-9(15)6-7-11(12)13(18)19/h1,6-8,10H,4-5H2,2H3,(H,18,19)(H2,16,17,20). The monoisotopic (exact) mass is 278 g/mol. The molecule has 0 aliphatic carbocycles. The molecule has 1 atom stereocenters. The van der Waals surface area contributed by atoms with Gasteiger partial charge < -0.3 is 15.7 Å². The number of rotatable bonds is 5. The molecule has 1 rings (SSSR count). The first-order valence-electron chi connectivity index (χ1n) is 6.01. The minimum absolute atomic E-state index is 0.106. The molecule has 0 radical (unpaired) electrons. The summed E-state index contributed by atoms with van der Waals surface area (Å²) in [5.41, 5.74) is -0.294. The van der Waals surface area contributed by atoms with Gasteiger partial charge in [0.15, 0.2) is 0 Å². The number of hydrogen-bond acceptors (Lipinski definition) is 2. The second-order valence-corrected chi connectivity index (χ2v) is 4.11. The van der Waals surface area contributed by atoms with Gasteiger partial charge in [0.25, 0.3) is 0 Å². The smallest absolute Gasteiger partial charge is 0.337 e. The van der Waals surface area contributed by atoms with E-state index in [0.717, 1.165) is 18.2 Å². The number of carbonyl (C=O) groups is 2. The number of carbonyl (C=O) groups excluding carboxylic acids is 1. The van der Waals surface area contributed by atoms with Crippen molar-refractivity contribution in [3.8, 4) is 12.3 Å². The molecule has 0 aliphatic rings. The first-order valence-corrected chi connectivity index (χ1v) is 6.01. The fourth-order valence-corrected chi connectivity index (χ4v) is 1.59.